The lowest BCUT2D eigenvalue weighted by molar-refractivity contribution is 0.0996. The number of nitrogens with zero attached hydrogens (tertiary/aromatic N) is 4. The quantitative estimate of drug-likeness (QED) is 0.425. The molecule has 1 fully saturated rings. The van der Waals surface area contributed by atoms with Crippen molar-refractivity contribution in [3.05, 3.63) is 69.2 Å². The number of nitrogens with one attached hydrogen (secondary N) is 1. The van der Waals surface area contributed by atoms with Gasteiger partial charge in [0.05, 0.1) is 39.7 Å². The highest BCUT2D eigenvalue weighted by Gasteiger charge is 2.28. The summed E-state index contributed by atoms with van der Waals surface area (Å²) in [5.74, 6) is -0.764. The predicted octanol–water partition coefficient (Wildman–Crippen LogP) is 4.11. The molecule has 1 saturated carbocycles. The summed E-state index contributed by atoms with van der Waals surface area (Å²) in [4.78, 5) is 29.1. The van der Waals surface area contributed by atoms with E-state index < -0.39 is 17.6 Å². The average Bonchev–Trinajstić information content (AvgIpc) is 3.49. The molecule has 1 aliphatic rings. The third-order valence-electron chi connectivity index (χ3n) is 5.84. The van der Waals surface area contributed by atoms with Crippen LogP contribution in [0.5, 0.6) is 0 Å². The van der Waals surface area contributed by atoms with Crippen LogP contribution in [0.2, 0.25) is 5.02 Å². The molecular formula is C23H20ClFN6O3. The second kappa shape index (κ2) is 8.21. The Bertz CT molecular complexity index is 1470. The van der Waals surface area contributed by atoms with Crippen LogP contribution < -0.4 is 11.1 Å². The number of carbonyl (C=O) groups excluding carboxylic acids is 2. The lowest BCUT2D eigenvalue weighted by atomic mass is 10.1. The summed E-state index contributed by atoms with van der Waals surface area (Å²) in [7, 11) is 0. The molecule has 3 N–H and O–H groups in total. The molecule has 34 heavy (non-hydrogen) atoms. The summed E-state index contributed by atoms with van der Waals surface area (Å²) in [6, 6.07) is 5.55. The van der Waals surface area contributed by atoms with Gasteiger partial charge in [-0.2, -0.15) is 5.10 Å². The fourth-order valence-electron chi connectivity index (χ4n) is 3.86. The lowest BCUT2D eigenvalue weighted by Crippen LogP contribution is -2.18. The zero-order valence-corrected chi connectivity index (χ0v) is 19.1. The van der Waals surface area contributed by atoms with Gasteiger partial charge in [0, 0.05) is 23.4 Å². The van der Waals surface area contributed by atoms with Gasteiger partial charge in [-0.15, -0.1) is 0 Å². The first kappa shape index (κ1) is 22.0. The number of halogens is 2. The van der Waals surface area contributed by atoms with E-state index >= 15 is 0 Å². The average molecular weight is 483 g/mol. The van der Waals surface area contributed by atoms with Crippen molar-refractivity contribution < 1.29 is 18.5 Å². The first-order valence-corrected chi connectivity index (χ1v) is 11.0. The fraction of sp³-hybridized carbons (Fsp3) is 0.261. The summed E-state index contributed by atoms with van der Waals surface area (Å²) in [6.45, 7) is 3.98. The van der Waals surface area contributed by atoms with Crippen LogP contribution >= 0.6 is 11.6 Å². The third kappa shape index (κ3) is 4.01. The molecule has 5 rings (SSSR count). The Morgan fingerprint density at radius 3 is 2.74 bits per heavy atom. The number of aryl methyl sites for hydroxylation is 1. The molecule has 9 nitrogen and oxygen atoms in total. The fourth-order valence-corrected chi connectivity index (χ4v) is 4.03. The highest BCUT2D eigenvalue weighted by Crippen LogP contribution is 2.40. The standard InChI is InChI=1S/C23H20ClFN6O3/c1-10-21(11(2)31(29-10)9-13-5-20(34-30-13)12-3-4-12)28-23(33)15-7-19(22(26)32)27-18-8-17(25)16(24)6-14(15)18/h5-8,12H,3-4,9H2,1-2H3,(H2,26,32)(H,28,33). The molecule has 1 aromatic carbocycles. The van der Waals surface area contributed by atoms with E-state index in [1.54, 1.807) is 11.6 Å². The SMILES string of the molecule is Cc1nn(Cc2cc(C3CC3)on2)c(C)c1NC(=O)c1cc(C(N)=O)nc2cc(F)c(Cl)cc12. The lowest BCUT2D eigenvalue weighted by Gasteiger charge is -2.11. The van der Waals surface area contributed by atoms with E-state index in [4.69, 9.17) is 21.9 Å². The van der Waals surface area contributed by atoms with E-state index in [0.29, 0.717) is 29.5 Å². The molecule has 1 aliphatic carbocycles. The summed E-state index contributed by atoms with van der Waals surface area (Å²) < 4.78 is 21.1. The number of primary amides is 1. The predicted molar refractivity (Wildman–Crippen MR) is 122 cm³/mol. The Morgan fingerprint density at radius 1 is 1.26 bits per heavy atom. The third-order valence-corrected chi connectivity index (χ3v) is 6.13. The molecule has 0 saturated heterocycles. The van der Waals surface area contributed by atoms with Gasteiger partial charge in [0.2, 0.25) is 0 Å². The molecular weight excluding hydrogens is 463 g/mol. The zero-order valence-electron chi connectivity index (χ0n) is 18.4. The summed E-state index contributed by atoms with van der Waals surface area (Å²) in [5, 5.41) is 11.6. The maximum atomic E-state index is 14.0. The van der Waals surface area contributed by atoms with Gasteiger partial charge in [-0.3, -0.25) is 14.3 Å². The molecule has 0 radical (unpaired) electrons. The van der Waals surface area contributed by atoms with Gasteiger partial charge < -0.3 is 15.6 Å². The van der Waals surface area contributed by atoms with Gasteiger partial charge >= 0.3 is 0 Å². The minimum Gasteiger partial charge on any atom is -0.364 e. The van der Waals surface area contributed by atoms with Crippen LogP contribution in [0.3, 0.4) is 0 Å². The van der Waals surface area contributed by atoms with Crippen molar-refractivity contribution in [3.63, 3.8) is 0 Å². The molecule has 3 heterocycles. The van der Waals surface area contributed by atoms with E-state index in [2.05, 4.69) is 20.6 Å². The van der Waals surface area contributed by atoms with Gasteiger partial charge in [-0.05, 0) is 38.8 Å². The highest BCUT2D eigenvalue weighted by atomic mass is 35.5. The molecule has 0 unspecified atom stereocenters. The van der Waals surface area contributed by atoms with Crippen molar-refractivity contribution in [2.45, 2.75) is 39.2 Å². The van der Waals surface area contributed by atoms with Gasteiger partial charge in [0.25, 0.3) is 11.8 Å². The van der Waals surface area contributed by atoms with E-state index in [1.807, 2.05) is 13.0 Å². The number of benzene rings is 1. The number of hydrogen-bond acceptors (Lipinski definition) is 6. The second-order valence-electron chi connectivity index (χ2n) is 8.36. The molecule has 3 aromatic heterocycles. The molecule has 11 heteroatoms. The zero-order chi connectivity index (χ0) is 24.1. The van der Waals surface area contributed by atoms with Gasteiger partial charge in [-0.25, -0.2) is 9.37 Å². The first-order valence-electron chi connectivity index (χ1n) is 10.6. The summed E-state index contributed by atoms with van der Waals surface area (Å²) >= 11 is 5.93. The van der Waals surface area contributed by atoms with Crippen molar-refractivity contribution in [2.75, 3.05) is 5.32 Å². The largest absolute Gasteiger partial charge is 0.364 e. The van der Waals surface area contributed by atoms with E-state index in [1.165, 1.54) is 12.1 Å². The summed E-state index contributed by atoms with van der Waals surface area (Å²) in [6.07, 6.45) is 2.23. The molecule has 0 bridgehead atoms. The normalized spacial score (nSPS) is 13.4. The van der Waals surface area contributed by atoms with E-state index in [9.17, 15) is 14.0 Å². The molecule has 2 amide bonds. The van der Waals surface area contributed by atoms with Crippen LogP contribution in [0.15, 0.2) is 28.8 Å². The topological polar surface area (TPSA) is 129 Å². The van der Waals surface area contributed by atoms with Crippen molar-refractivity contribution in [3.8, 4) is 0 Å². The highest BCUT2D eigenvalue weighted by molar-refractivity contribution is 6.31. The number of nitrogens with two attached hydrogens (primary N) is 1. The smallest absolute Gasteiger partial charge is 0.267 e. The maximum Gasteiger partial charge on any atom is 0.267 e. The maximum absolute atomic E-state index is 14.0. The Balaban J connectivity index is 1.47. The van der Waals surface area contributed by atoms with Crippen LogP contribution in [0.25, 0.3) is 10.9 Å². The van der Waals surface area contributed by atoms with Gasteiger partial charge in [0.1, 0.15) is 23.0 Å². The minimum atomic E-state index is -0.843. The van der Waals surface area contributed by atoms with Crippen LogP contribution in [0, 0.1) is 19.7 Å². The number of fused-ring (bicyclic) bond motifs is 1. The minimum absolute atomic E-state index is 0.0813. The number of carbonyl (C=O) groups is 2. The molecule has 4 aromatic rings. The molecule has 0 aliphatic heterocycles. The Labute approximate surface area is 198 Å². The van der Waals surface area contributed by atoms with Crippen LogP contribution in [-0.2, 0) is 6.54 Å². The Hall–Kier alpha value is -3.79. The van der Waals surface area contributed by atoms with Crippen molar-refractivity contribution in [1.29, 1.82) is 0 Å². The molecule has 0 atom stereocenters. The number of aromatic nitrogens is 4. The van der Waals surface area contributed by atoms with E-state index in [0.717, 1.165) is 30.4 Å². The van der Waals surface area contributed by atoms with Crippen molar-refractivity contribution >= 4 is 40.0 Å². The first-order chi connectivity index (χ1) is 16.2. The Morgan fingerprint density at radius 2 is 2.03 bits per heavy atom. The monoisotopic (exact) mass is 482 g/mol. The van der Waals surface area contributed by atoms with Gasteiger partial charge in [0.15, 0.2) is 0 Å². The number of pyridine rings is 1. The molecule has 174 valence electrons. The van der Waals surface area contributed by atoms with Crippen LogP contribution in [-0.4, -0.2) is 31.7 Å². The number of hydrogen-bond donors (Lipinski definition) is 2. The van der Waals surface area contributed by atoms with E-state index in [-0.39, 0.29) is 27.2 Å². The number of amides is 2. The van der Waals surface area contributed by atoms with Crippen LogP contribution in [0.4, 0.5) is 10.1 Å². The van der Waals surface area contributed by atoms with Gasteiger partial charge in [-0.1, -0.05) is 16.8 Å². The Kier molecular flexibility index (Phi) is 5.32. The molecule has 0 spiro atoms. The van der Waals surface area contributed by atoms with Crippen LogP contribution in [0.1, 0.15) is 62.4 Å². The van der Waals surface area contributed by atoms with Crippen molar-refractivity contribution in [1.82, 2.24) is 19.9 Å². The number of anilines is 1. The van der Waals surface area contributed by atoms with Crippen molar-refractivity contribution in [2.24, 2.45) is 5.73 Å². The number of rotatable bonds is 6. The second-order valence-corrected chi connectivity index (χ2v) is 8.76. The summed E-state index contributed by atoms with van der Waals surface area (Å²) in [5.41, 5.74) is 7.92.